The molecule has 8 heteroatoms. The number of unbranched alkanes of at least 4 members (excludes halogenated alkanes) is 1. The van der Waals surface area contributed by atoms with Gasteiger partial charge in [-0.1, -0.05) is 19.1 Å². The SMILES string of the molecule is CC1CCN(O)C1/C=C\CCCN1CCN(C2CC(F)CC(CCC(O)N(C)C)C2O)CC1. The topological polar surface area (TPSA) is 73.7 Å². The van der Waals surface area contributed by atoms with Gasteiger partial charge >= 0.3 is 0 Å². The molecular weight excluding hydrogens is 423 g/mol. The molecule has 3 N–H and O–H groups in total. The van der Waals surface area contributed by atoms with Gasteiger partial charge in [-0.15, -0.1) is 0 Å². The first kappa shape index (κ1) is 27.0. The molecule has 192 valence electrons. The number of hydrogen-bond acceptors (Lipinski definition) is 7. The lowest BCUT2D eigenvalue weighted by Crippen LogP contribution is -2.57. The summed E-state index contributed by atoms with van der Waals surface area (Å²) in [4.78, 5) is 6.51. The van der Waals surface area contributed by atoms with Crippen molar-refractivity contribution in [2.75, 3.05) is 53.4 Å². The molecule has 3 fully saturated rings. The fraction of sp³-hybridized carbons (Fsp3) is 0.920. The van der Waals surface area contributed by atoms with Crippen LogP contribution in [0.1, 0.15) is 51.9 Å². The smallest absolute Gasteiger partial charge is 0.106 e. The normalized spacial score (nSPS) is 36.2. The molecule has 0 bridgehead atoms. The number of halogens is 1. The van der Waals surface area contributed by atoms with Crippen molar-refractivity contribution in [3.63, 3.8) is 0 Å². The Hall–Kier alpha value is -0.610. The summed E-state index contributed by atoms with van der Waals surface area (Å²) >= 11 is 0. The van der Waals surface area contributed by atoms with Gasteiger partial charge in [0.05, 0.1) is 12.1 Å². The van der Waals surface area contributed by atoms with E-state index < -0.39 is 18.5 Å². The fourth-order valence-corrected chi connectivity index (χ4v) is 5.78. The molecule has 3 aliphatic rings. The zero-order valence-electron chi connectivity index (χ0n) is 20.9. The number of alkyl halides is 1. The van der Waals surface area contributed by atoms with E-state index in [1.807, 2.05) is 14.1 Å². The highest BCUT2D eigenvalue weighted by atomic mass is 19.1. The highest BCUT2D eigenvalue weighted by Crippen LogP contribution is 2.34. The Bertz CT molecular complexity index is 592. The second kappa shape index (κ2) is 12.9. The number of aliphatic hydroxyl groups excluding tert-OH is 2. The number of hydroxylamine groups is 2. The van der Waals surface area contributed by atoms with Crippen LogP contribution in [0.4, 0.5) is 4.39 Å². The van der Waals surface area contributed by atoms with Crippen molar-refractivity contribution in [3.8, 4) is 0 Å². The minimum absolute atomic E-state index is 0.0874. The van der Waals surface area contributed by atoms with Crippen molar-refractivity contribution in [3.05, 3.63) is 12.2 Å². The molecule has 1 saturated carbocycles. The predicted molar refractivity (Wildman–Crippen MR) is 129 cm³/mol. The molecular formula is C25H47FN4O3. The fourth-order valence-electron chi connectivity index (χ4n) is 5.78. The number of rotatable bonds is 10. The first-order valence-electron chi connectivity index (χ1n) is 13.0. The summed E-state index contributed by atoms with van der Waals surface area (Å²) in [6, 6.07) is 0.0416. The van der Waals surface area contributed by atoms with Crippen molar-refractivity contribution >= 4 is 0 Å². The Morgan fingerprint density at radius 1 is 1.12 bits per heavy atom. The van der Waals surface area contributed by atoms with Crippen LogP contribution in [0.25, 0.3) is 0 Å². The third-order valence-corrected chi connectivity index (χ3v) is 8.12. The van der Waals surface area contributed by atoms with Gasteiger partial charge in [-0.2, -0.15) is 5.06 Å². The highest BCUT2D eigenvalue weighted by Gasteiger charge is 2.40. The Kier molecular flexibility index (Phi) is 10.6. The highest BCUT2D eigenvalue weighted by molar-refractivity contribution is 4.98. The summed E-state index contributed by atoms with van der Waals surface area (Å²) < 4.78 is 14.5. The van der Waals surface area contributed by atoms with Crippen LogP contribution in [0.5, 0.6) is 0 Å². The van der Waals surface area contributed by atoms with Gasteiger partial charge in [0.2, 0.25) is 0 Å². The monoisotopic (exact) mass is 470 g/mol. The van der Waals surface area contributed by atoms with E-state index in [0.717, 1.165) is 58.5 Å². The second-order valence-electron chi connectivity index (χ2n) is 10.8. The van der Waals surface area contributed by atoms with Gasteiger partial charge in [-0.3, -0.25) is 9.80 Å². The van der Waals surface area contributed by atoms with Crippen molar-refractivity contribution < 1.29 is 19.8 Å². The van der Waals surface area contributed by atoms with Gasteiger partial charge < -0.3 is 20.3 Å². The van der Waals surface area contributed by atoms with Crippen LogP contribution in [0.15, 0.2) is 12.2 Å². The molecule has 3 rings (SSSR count). The predicted octanol–water partition coefficient (Wildman–Crippen LogP) is 2.18. The lowest BCUT2D eigenvalue weighted by Gasteiger charge is -2.46. The molecule has 2 aliphatic heterocycles. The molecule has 33 heavy (non-hydrogen) atoms. The largest absolute Gasteiger partial charge is 0.391 e. The van der Waals surface area contributed by atoms with Crippen molar-refractivity contribution in [2.24, 2.45) is 11.8 Å². The van der Waals surface area contributed by atoms with Crippen molar-refractivity contribution in [1.82, 2.24) is 19.8 Å². The van der Waals surface area contributed by atoms with E-state index in [0.29, 0.717) is 31.6 Å². The van der Waals surface area contributed by atoms with Crippen LogP contribution in [-0.4, -0.2) is 119 Å². The third-order valence-electron chi connectivity index (χ3n) is 8.12. The zero-order valence-corrected chi connectivity index (χ0v) is 20.9. The molecule has 0 aromatic rings. The van der Waals surface area contributed by atoms with Crippen LogP contribution in [0.2, 0.25) is 0 Å². The molecule has 7 unspecified atom stereocenters. The van der Waals surface area contributed by atoms with Crippen molar-refractivity contribution in [2.45, 2.75) is 82.5 Å². The molecule has 0 spiro atoms. The maximum atomic E-state index is 14.5. The maximum Gasteiger partial charge on any atom is 0.106 e. The van der Waals surface area contributed by atoms with Crippen LogP contribution < -0.4 is 0 Å². The van der Waals surface area contributed by atoms with Gasteiger partial charge in [-0.25, -0.2) is 4.39 Å². The molecule has 2 heterocycles. The molecule has 1 aliphatic carbocycles. The van der Waals surface area contributed by atoms with Gasteiger partial charge in [0.15, 0.2) is 0 Å². The maximum absolute atomic E-state index is 14.5. The third kappa shape index (κ3) is 7.69. The summed E-state index contributed by atoms with van der Waals surface area (Å²) in [7, 11) is 3.66. The van der Waals surface area contributed by atoms with Crippen LogP contribution in [0, 0.1) is 11.8 Å². The number of aliphatic hydroxyl groups is 2. The standard InChI is InChI=1S/C25H47FN4O3/c1-19-10-12-30(33)22(19)7-5-4-6-11-28-13-15-29(16-14-28)23-18-21(26)17-20(25(23)32)8-9-24(31)27(2)3/h5,7,19-25,31-33H,4,6,8-18H2,1-3H3/b7-5-. The zero-order chi connectivity index (χ0) is 24.0. The summed E-state index contributed by atoms with van der Waals surface area (Å²) in [5, 5.41) is 32.4. The first-order chi connectivity index (χ1) is 15.8. The van der Waals surface area contributed by atoms with E-state index in [1.165, 1.54) is 5.06 Å². The van der Waals surface area contributed by atoms with Crippen LogP contribution in [0.3, 0.4) is 0 Å². The van der Waals surface area contributed by atoms with Crippen LogP contribution in [-0.2, 0) is 0 Å². The first-order valence-corrected chi connectivity index (χ1v) is 13.0. The molecule has 0 radical (unpaired) electrons. The Labute approximate surface area is 199 Å². The molecule has 7 atom stereocenters. The van der Waals surface area contributed by atoms with Gasteiger partial charge in [-0.05, 0) is 77.4 Å². The quantitative estimate of drug-likeness (QED) is 0.257. The van der Waals surface area contributed by atoms with E-state index in [4.69, 9.17) is 0 Å². The van der Waals surface area contributed by atoms with Gasteiger partial charge in [0.1, 0.15) is 12.4 Å². The summed E-state index contributed by atoms with van der Waals surface area (Å²) in [6.45, 7) is 7.65. The van der Waals surface area contributed by atoms with E-state index in [1.54, 1.807) is 4.90 Å². The molecule has 0 aromatic heterocycles. The van der Waals surface area contributed by atoms with Crippen LogP contribution >= 0.6 is 0 Å². The molecule has 0 amide bonds. The average Bonchev–Trinajstić information content (AvgIpc) is 3.11. The minimum Gasteiger partial charge on any atom is -0.391 e. The van der Waals surface area contributed by atoms with E-state index in [-0.39, 0.29) is 18.0 Å². The number of allylic oxidation sites excluding steroid dienone is 1. The van der Waals surface area contributed by atoms with Crippen molar-refractivity contribution in [1.29, 1.82) is 0 Å². The van der Waals surface area contributed by atoms with E-state index in [2.05, 4.69) is 28.9 Å². The lowest BCUT2D eigenvalue weighted by atomic mass is 9.78. The minimum atomic E-state index is -0.873. The second-order valence-corrected chi connectivity index (χ2v) is 10.8. The average molecular weight is 471 g/mol. The summed E-state index contributed by atoms with van der Waals surface area (Å²) in [6.07, 6.45) is 7.62. The Morgan fingerprint density at radius 3 is 2.48 bits per heavy atom. The number of hydrogen-bond donors (Lipinski definition) is 3. The Balaban J connectivity index is 1.37. The lowest BCUT2D eigenvalue weighted by molar-refractivity contribution is -0.0935. The summed E-state index contributed by atoms with van der Waals surface area (Å²) in [5.74, 6) is 0.423. The molecule has 2 saturated heterocycles. The van der Waals surface area contributed by atoms with Gasteiger partial charge in [0.25, 0.3) is 0 Å². The Morgan fingerprint density at radius 2 is 1.85 bits per heavy atom. The van der Waals surface area contributed by atoms with Gasteiger partial charge in [0, 0.05) is 38.8 Å². The number of nitrogens with zero attached hydrogens (tertiary/aromatic N) is 4. The molecule has 0 aromatic carbocycles. The van der Waals surface area contributed by atoms with E-state index in [9.17, 15) is 19.8 Å². The summed E-state index contributed by atoms with van der Waals surface area (Å²) in [5.41, 5.74) is 0. The molecule has 7 nitrogen and oxygen atoms in total. The van der Waals surface area contributed by atoms with E-state index >= 15 is 0 Å². The number of piperazine rings is 1.